The van der Waals surface area contributed by atoms with E-state index in [1.165, 1.54) is 0 Å². The van der Waals surface area contributed by atoms with E-state index >= 15 is 0 Å². The van der Waals surface area contributed by atoms with Gasteiger partial charge in [0.1, 0.15) is 0 Å². The average molecular weight is 388 g/mol. The van der Waals surface area contributed by atoms with Gasteiger partial charge >= 0.3 is 0 Å². The summed E-state index contributed by atoms with van der Waals surface area (Å²) < 4.78 is 28.2. The maximum atomic E-state index is 12.8. The van der Waals surface area contributed by atoms with E-state index in [0.717, 1.165) is 42.6 Å². The van der Waals surface area contributed by atoms with Crippen LogP contribution >= 0.6 is 15.9 Å². The van der Waals surface area contributed by atoms with E-state index in [-0.39, 0.29) is 0 Å². The molecule has 1 N–H and O–H groups in total. The number of piperazine rings is 1. The zero-order chi connectivity index (χ0) is 15.7. The van der Waals surface area contributed by atoms with Gasteiger partial charge in [0.2, 0.25) is 10.0 Å². The van der Waals surface area contributed by atoms with Crippen LogP contribution in [0.4, 0.5) is 0 Å². The molecular formula is C15H22BrN3O2S. The molecule has 2 aliphatic heterocycles. The standard InChI is InChI=1S/C15H22BrN3O2S/c1-12-10-14(2-3-15(12)16)22(20,21)19-7-4-13(11-19)18-8-5-17-6-9-18/h2-3,10,13,17H,4-9,11H2,1H3. The Labute approximate surface area is 140 Å². The third-order valence-corrected chi connectivity index (χ3v) is 7.31. The number of nitrogens with zero attached hydrogens (tertiary/aromatic N) is 2. The molecule has 2 aliphatic rings. The Morgan fingerprint density at radius 3 is 2.64 bits per heavy atom. The molecule has 0 amide bonds. The van der Waals surface area contributed by atoms with Gasteiger partial charge in [-0.15, -0.1) is 0 Å². The Morgan fingerprint density at radius 2 is 1.95 bits per heavy atom. The van der Waals surface area contributed by atoms with E-state index in [2.05, 4.69) is 26.1 Å². The largest absolute Gasteiger partial charge is 0.314 e. The van der Waals surface area contributed by atoms with E-state index in [1.54, 1.807) is 16.4 Å². The molecule has 2 heterocycles. The SMILES string of the molecule is Cc1cc(S(=O)(=O)N2CCC(N3CCNCC3)C2)ccc1Br. The first-order chi connectivity index (χ1) is 10.5. The van der Waals surface area contributed by atoms with Crippen LogP contribution in [-0.2, 0) is 10.0 Å². The molecule has 1 aromatic carbocycles. The summed E-state index contributed by atoms with van der Waals surface area (Å²) in [5, 5.41) is 3.34. The van der Waals surface area contributed by atoms with Crippen LogP contribution in [0.15, 0.2) is 27.6 Å². The summed E-state index contributed by atoms with van der Waals surface area (Å²) in [4.78, 5) is 2.81. The lowest BCUT2D eigenvalue weighted by Crippen LogP contribution is -2.49. The van der Waals surface area contributed by atoms with Crippen molar-refractivity contribution in [3.8, 4) is 0 Å². The molecular weight excluding hydrogens is 366 g/mol. The Kier molecular flexibility index (Phi) is 4.89. The number of nitrogens with one attached hydrogen (secondary N) is 1. The molecule has 1 atom stereocenters. The van der Waals surface area contributed by atoms with Crippen molar-refractivity contribution in [3.63, 3.8) is 0 Å². The smallest absolute Gasteiger partial charge is 0.243 e. The van der Waals surface area contributed by atoms with Crippen molar-refractivity contribution >= 4 is 26.0 Å². The summed E-state index contributed by atoms with van der Waals surface area (Å²) in [5.41, 5.74) is 0.943. The van der Waals surface area contributed by atoms with Crippen LogP contribution in [-0.4, -0.2) is 62.9 Å². The van der Waals surface area contributed by atoms with Crippen LogP contribution in [0.25, 0.3) is 0 Å². The molecule has 0 aliphatic carbocycles. The number of benzene rings is 1. The first-order valence-electron chi connectivity index (χ1n) is 7.69. The number of aryl methyl sites for hydroxylation is 1. The lowest BCUT2D eigenvalue weighted by molar-refractivity contribution is 0.179. The molecule has 0 spiro atoms. The second-order valence-corrected chi connectivity index (χ2v) is 8.79. The second-order valence-electron chi connectivity index (χ2n) is 6.00. The van der Waals surface area contributed by atoms with Gasteiger partial charge in [0.05, 0.1) is 4.90 Å². The lowest BCUT2D eigenvalue weighted by atomic mass is 10.2. The predicted octanol–water partition coefficient (Wildman–Crippen LogP) is 1.43. The van der Waals surface area contributed by atoms with E-state index in [1.807, 2.05) is 13.0 Å². The molecule has 2 fully saturated rings. The minimum atomic E-state index is -3.38. The van der Waals surface area contributed by atoms with Gasteiger partial charge in [0.25, 0.3) is 0 Å². The molecule has 0 aromatic heterocycles. The number of hydrogen-bond acceptors (Lipinski definition) is 4. The minimum Gasteiger partial charge on any atom is -0.314 e. The van der Waals surface area contributed by atoms with Gasteiger partial charge in [-0.05, 0) is 37.1 Å². The van der Waals surface area contributed by atoms with Crippen molar-refractivity contribution in [3.05, 3.63) is 28.2 Å². The Hall–Kier alpha value is -0.470. The quantitative estimate of drug-likeness (QED) is 0.851. The van der Waals surface area contributed by atoms with Gasteiger partial charge in [-0.25, -0.2) is 8.42 Å². The molecule has 0 bridgehead atoms. The summed E-state index contributed by atoms with van der Waals surface area (Å²) >= 11 is 3.42. The van der Waals surface area contributed by atoms with E-state index in [0.29, 0.717) is 24.0 Å². The summed E-state index contributed by atoms with van der Waals surface area (Å²) in [6.45, 7) is 7.15. The second kappa shape index (κ2) is 6.57. The zero-order valence-electron chi connectivity index (χ0n) is 12.8. The highest BCUT2D eigenvalue weighted by atomic mass is 79.9. The highest BCUT2D eigenvalue weighted by molar-refractivity contribution is 9.10. The predicted molar refractivity (Wildman–Crippen MR) is 90.5 cm³/mol. The maximum Gasteiger partial charge on any atom is 0.243 e. The first kappa shape index (κ1) is 16.4. The maximum absolute atomic E-state index is 12.8. The normalized spacial score (nSPS) is 24.7. The lowest BCUT2D eigenvalue weighted by Gasteiger charge is -2.32. The van der Waals surface area contributed by atoms with Crippen LogP contribution < -0.4 is 5.32 Å². The molecule has 0 radical (unpaired) electrons. The van der Waals surface area contributed by atoms with E-state index in [4.69, 9.17) is 0 Å². The number of sulfonamides is 1. The Balaban J connectivity index is 1.74. The summed E-state index contributed by atoms with van der Waals surface area (Å²) in [6.07, 6.45) is 0.925. The van der Waals surface area contributed by atoms with E-state index in [9.17, 15) is 8.42 Å². The molecule has 122 valence electrons. The molecule has 3 rings (SSSR count). The van der Waals surface area contributed by atoms with Gasteiger partial charge in [-0.3, -0.25) is 4.90 Å². The summed E-state index contributed by atoms with van der Waals surface area (Å²) in [6, 6.07) is 5.60. The van der Waals surface area contributed by atoms with Gasteiger partial charge in [-0.1, -0.05) is 15.9 Å². The number of rotatable bonds is 3. The summed E-state index contributed by atoms with van der Waals surface area (Å²) in [7, 11) is -3.38. The zero-order valence-corrected chi connectivity index (χ0v) is 15.2. The van der Waals surface area contributed by atoms with Crippen LogP contribution in [0.1, 0.15) is 12.0 Å². The van der Waals surface area contributed by atoms with Crippen molar-refractivity contribution in [2.75, 3.05) is 39.3 Å². The highest BCUT2D eigenvalue weighted by Crippen LogP contribution is 2.26. The minimum absolute atomic E-state index is 0.355. The highest BCUT2D eigenvalue weighted by Gasteiger charge is 2.35. The van der Waals surface area contributed by atoms with Crippen LogP contribution in [0.5, 0.6) is 0 Å². The first-order valence-corrected chi connectivity index (χ1v) is 9.93. The Bertz CT molecular complexity index is 644. The number of halogens is 1. The van der Waals surface area contributed by atoms with Crippen LogP contribution in [0.2, 0.25) is 0 Å². The summed E-state index contributed by atoms with van der Waals surface area (Å²) in [5.74, 6) is 0. The van der Waals surface area contributed by atoms with Crippen molar-refractivity contribution in [2.45, 2.75) is 24.3 Å². The molecule has 7 heteroatoms. The van der Waals surface area contributed by atoms with Crippen molar-refractivity contribution < 1.29 is 8.42 Å². The molecule has 2 saturated heterocycles. The molecule has 0 saturated carbocycles. The van der Waals surface area contributed by atoms with Crippen molar-refractivity contribution in [1.29, 1.82) is 0 Å². The van der Waals surface area contributed by atoms with Gasteiger partial charge in [0.15, 0.2) is 0 Å². The van der Waals surface area contributed by atoms with Gasteiger partial charge in [-0.2, -0.15) is 4.31 Å². The third-order valence-electron chi connectivity index (χ3n) is 4.56. The van der Waals surface area contributed by atoms with E-state index < -0.39 is 10.0 Å². The molecule has 5 nitrogen and oxygen atoms in total. The molecule has 1 unspecified atom stereocenters. The van der Waals surface area contributed by atoms with Crippen molar-refractivity contribution in [2.24, 2.45) is 0 Å². The molecule has 22 heavy (non-hydrogen) atoms. The third kappa shape index (κ3) is 3.23. The fourth-order valence-electron chi connectivity index (χ4n) is 3.20. The number of hydrogen-bond donors (Lipinski definition) is 1. The Morgan fingerprint density at radius 1 is 1.23 bits per heavy atom. The van der Waals surface area contributed by atoms with Gasteiger partial charge in [0, 0.05) is 49.8 Å². The fraction of sp³-hybridized carbons (Fsp3) is 0.600. The average Bonchev–Trinajstić information content (AvgIpc) is 3.01. The van der Waals surface area contributed by atoms with Gasteiger partial charge < -0.3 is 5.32 Å². The monoisotopic (exact) mass is 387 g/mol. The van der Waals surface area contributed by atoms with Crippen molar-refractivity contribution in [1.82, 2.24) is 14.5 Å². The van der Waals surface area contributed by atoms with Crippen LogP contribution in [0.3, 0.4) is 0 Å². The topological polar surface area (TPSA) is 52.7 Å². The molecule has 1 aromatic rings. The fourth-order valence-corrected chi connectivity index (χ4v) is 5.03. The van der Waals surface area contributed by atoms with Crippen LogP contribution in [0, 0.1) is 6.92 Å².